The Balaban J connectivity index is 1.51. The molecule has 1 aromatic rings. The van der Waals surface area contributed by atoms with Crippen LogP contribution in [0, 0.1) is 18.8 Å². The van der Waals surface area contributed by atoms with E-state index in [9.17, 15) is 4.79 Å². The highest BCUT2D eigenvalue weighted by atomic mass is 32.2. The number of benzene rings is 1. The van der Waals surface area contributed by atoms with Gasteiger partial charge in [-0.15, -0.1) is 0 Å². The van der Waals surface area contributed by atoms with E-state index >= 15 is 0 Å². The fourth-order valence-electron chi connectivity index (χ4n) is 4.56. The highest BCUT2D eigenvalue weighted by Crippen LogP contribution is 2.57. The van der Waals surface area contributed by atoms with Gasteiger partial charge in [-0.1, -0.05) is 29.5 Å². The van der Waals surface area contributed by atoms with Gasteiger partial charge in [0.2, 0.25) is 0 Å². The van der Waals surface area contributed by atoms with Gasteiger partial charge in [0.15, 0.2) is 0 Å². The van der Waals surface area contributed by atoms with Crippen molar-refractivity contribution >= 4 is 17.5 Å². The first-order valence-electron chi connectivity index (χ1n) is 8.08. The predicted octanol–water partition coefficient (Wildman–Crippen LogP) is 4.35. The molecule has 21 heavy (non-hydrogen) atoms. The van der Waals surface area contributed by atoms with Crippen LogP contribution in [0.4, 0.5) is 0 Å². The minimum atomic E-state index is -0.0995. The van der Waals surface area contributed by atoms with Crippen LogP contribution in [0.15, 0.2) is 29.2 Å². The predicted molar refractivity (Wildman–Crippen MR) is 84.3 cm³/mol. The number of hydrogen-bond donors (Lipinski definition) is 0. The first-order chi connectivity index (χ1) is 10.2. The summed E-state index contributed by atoms with van der Waals surface area (Å²) in [6.07, 6.45) is 6.24. The van der Waals surface area contributed by atoms with E-state index in [1.165, 1.54) is 29.7 Å². The summed E-state index contributed by atoms with van der Waals surface area (Å²) in [6.45, 7) is 2.11. The van der Waals surface area contributed by atoms with Crippen LogP contribution in [-0.2, 0) is 9.53 Å². The number of thioether (sulfide) groups is 1. The molecule has 1 heterocycles. The van der Waals surface area contributed by atoms with Gasteiger partial charge in [-0.2, -0.15) is 0 Å². The van der Waals surface area contributed by atoms with Crippen LogP contribution in [0.2, 0.25) is 0 Å². The lowest BCUT2D eigenvalue weighted by molar-refractivity contribution is -0.137. The van der Waals surface area contributed by atoms with Crippen molar-refractivity contribution in [3.8, 4) is 0 Å². The molecule has 0 N–H and O–H groups in total. The van der Waals surface area contributed by atoms with Crippen molar-refractivity contribution in [1.29, 1.82) is 0 Å². The van der Waals surface area contributed by atoms with Gasteiger partial charge in [0.1, 0.15) is 11.2 Å². The molecule has 2 nitrogen and oxygen atoms in total. The van der Waals surface area contributed by atoms with Gasteiger partial charge in [0.05, 0.1) is 5.60 Å². The molecule has 4 rings (SSSR count). The second-order valence-electron chi connectivity index (χ2n) is 6.90. The number of hydrogen-bond acceptors (Lipinski definition) is 3. The fraction of sp³-hybridized carbons (Fsp3) is 0.611. The van der Waals surface area contributed by atoms with Crippen LogP contribution in [0.25, 0.3) is 0 Å². The lowest BCUT2D eigenvalue weighted by Crippen LogP contribution is -2.45. The van der Waals surface area contributed by atoms with Gasteiger partial charge in [-0.05, 0) is 56.6 Å². The summed E-state index contributed by atoms with van der Waals surface area (Å²) in [5, 5.41) is 0. The standard InChI is InChI=1S/C18H22O2S/c1-12-2-7-16(8-3-12)21-17-9-6-13-4-5-14-10-15(19)11-18(13,14)20-17/h2-3,7-8,13-14,17H,4-6,9-11H2,1H3/t13-,14-,17+,18+/m1/s1. The molecule has 0 aromatic heterocycles. The molecule has 1 aromatic carbocycles. The number of carbonyl (C=O) groups is 1. The monoisotopic (exact) mass is 302 g/mol. The first-order valence-corrected chi connectivity index (χ1v) is 8.96. The number of carbonyl (C=O) groups excluding carboxylic acids is 1. The average Bonchev–Trinajstić information content (AvgIpc) is 2.93. The molecule has 4 atom stereocenters. The lowest BCUT2D eigenvalue weighted by Gasteiger charge is -2.43. The quantitative estimate of drug-likeness (QED) is 0.812. The highest BCUT2D eigenvalue weighted by Gasteiger charge is 2.59. The van der Waals surface area contributed by atoms with Crippen molar-refractivity contribution in [2.24, 2.45) is 11.8 Å². The molecule has 3 heteroatoms. The topological polar surface area (TPSA) is 26.3 Å². The second kappa shape index (κ2) is 5.13. The van der Waals surface area contributed by atoms with Gasteiger partial charge in [0.25, 0.3) is 0 Å². The minimum absolute atomic E-state index is 0.0995. The van der Waals surface area contributed by atoms with E-state index in [4.69, 9.17) is 4.74 Å². The smallest absolute Gasteiger partial charge is 0.136 e. The van der Waals surface area contributed by atoms with Crippen LogP contribution in [-0.4, -0.2) is 16.8 Å². The number of aryl methyl sites for hydroxylation is 1. The Hall–Kier alpha value is -0.800. The van der Waals surface area contributed by atoms with Crippen molar-refractivity contribution in [3.05, 3.63) is 29.8 Å². The van der Waals surface area contributed by atoms with Crippen LogP contribution >= 0.6 is 11.8 Å². The maximum Gasteiger partial charge on any atom is 0.136 e. The van der Waals surface area contributed by atoms with E-state index in [2.05, 4.69) is 31.2 Å². The van der Waals surface area contributed by atoms with E-state index in [-0.39, 0.29) is 11.0 Å². The summed E-state index contributed by atoms with van der Waals surface area (Å²) >= 11 is 1.83. The third kappa shape index (κ3) is 2.35. The number of ether oxygens (including phenoxy) is 1. The summed E-state index contributed by atoms with van der Waals surface area (Å²) in [5.74, 6) is 1.55. The Morgan fingerprint density at radius 1 is 1.10 bits per heavy atom. The molecule has 0 amide bonds. The molecule has 3 fully saturated rings. The Labute approximate surface area is 130 Å². The van der Waals surface area contributed by atoms with Crippen LogP contribution in [0.5, 0.6) is 0 Å². The lowest BCUT2D eigenvalue weighted by atomic mass is 9.81. The largest absolute Gasteiger partial charge is 0.360 e. The van der Waals surface area contributed by atoms with E-state index in [0.717, 1.165) is 12.8 Å². The SMILES string of the molecule is Cc1ccc(S[C@H]2CC[C@H]3CC[C@@H]4CC(=O)C[C@]34O2)cc1. The van der Waals surface area contributed by atoms with Crippen LogP contribution in [0.1, 0.15) is 44.1 Å². The first kappa shape index (κ1) is 13.8. The summed E-state index contributed by atoms with van der Waals surface area (Å²) in [5.41, 5.74) is 1.41. The minimum Gasteiger partial charge on any atom is -0.360 e. The number of ketones is 1. The molecule has 112 valence electrons. The van der Waals surface area contributed by atoms with Crippen molar-refractivity contribution in [3.63, 3.8) is 0 Å². The van der Waals surface area contributed by atoms with E-state index in [1.54, 1.807) is 0 Å². The molecule has 0 radical (unpaired) electrons. The molecule has 2 saturated carbocycles. The molecule has 0 bridgehead atoms. The summed E-state index contributed by atoms with van der Waals surface area (Å²) in [4.78, 5) is 13.2. The Bertz CT molecular complexity index is 553. The Kier molecular flexibility index (Phi) is 3.38. The molecule has 3 aliphatic rings. The number of Topliss-reactive ketones (excluding diaryl/α,β-unsaturated/α-hetero) is 1. The summed E-state index contributed by atoms with van der Waals surface area (Å²) in [6, 6.07) is 8.67. The zero-order valence-corrected chi connectivity index (χ0v) is 13.3. The van der Waals surface area contributed by atoms with Gasteiger partial charge in [0, 0.05) is 17.7 Å². The molecule has 0 unspecified atom stereocenters. The van der Waals surface area contributed by atoms with Crippen LogP contribution in [0.3, 0.4) is 0 Å². The summed E-state index contributed by atoms with van der Waals surface area (Å²) < 4.78 is 6.57. The maximum atomic E-state index is 11.9. The zero-order chi connectivity index (χ0) is 14.4. The summed E-state index contributed by atoms with van der Waals surface area (Å²) in [7, 11) is 0. The molecule has 1 spiro atoms. The van der Waals surface area contributed by atoms with Gasteiger partial charge in [-0.25, -0.2) is 0 Å². The highest BCUT2D eigenvalue weighted by molar-refractivity contribution is 7.99. The molecule has 1 aliphatic heterocycles. The molecular formula is C18H22O2S. The number of rotatable bonds is 2. The Morgan fingerprint density at radius 2 is 1.81 bits per heavy atom. The maximum absolute atomic E-state index is 11.9. The van der Waals surface area contributed by atoms with Crippen molar-refractivity contribution in [2.45, 2.75) is 61.4 Å². The fourth-order valence-corrected chi connectivity index (χ4v) is 5.64. The third-order valence-electron chi connectivity index (χ3n) is 5.58. The van der Waals surface area contributed by atoms with Gasteiger partial charge >= 0.3 is 0 Å². The van der Waals surface area contributed by atoms with Gasteiger partial charge in [-0.3, -0.25) is 4.79 Å². The average molecular weight is 302 g/mol. The Morgan fingerprint density at radius 3 is 2.62 bits per heavy atom. The van der Waals surface area contributed by atoms with E-state index in [1.807, 2.05) is 11.8 Å². The molecule has 1 saturated heterocycles. The van der Waals surface area contributed by atoms with Crippen LogP contribution < -0.4 is 0 Å². The van der Waals surface area contributed by atoms with E-state index in [0.29, 0.717) is 24.0 Å². The van der Waals surface area contributed by atoms with Crippen molar-refractivity contribution < 1.29 is 9.53 Å². The third-order valence-corrected chi connectivity index (χ3v) is 6.72. The van der Waals surface area contributed by atoms with E-state index < -0.39 is 0 Å². The van der Waals surface area contributed by atoms with Crippen molar-refractivity contribution in [2.75, 3.05) is 0 Å². The molecular weight excluding hydrogens is 280 g/mol. The molecule has 2 aliphatic carbocycles. The van der Waals surface area contributed by atoms with Crippen molar-refractivity contribution in [1.82, 2.24) is 0 Å². The zero-order valence-electron chi connectivity index (χ0n) is 12.5. The normalized spacial score (nSPS) is 38.3. The second-order valence-corrected chi connectivity index (χ2v) is 8.13. The van der Waals surface area contributed by atoms with Gasteiger partial charge < -0.3 is 4.74 Å².